The van der Waals surface area contributed by atoms with E-state index >= 15 is 0 Å². The van der Waals surface area contributed by atoms with Gasteiger partial charge >= 0.3 is 0 Å². The minimum absolute atomic E-state index is 0.0750. The van der Waals surface area contributed by atoms with Crippen LogP contribution in [-0.4, -0.2) is 45.9 Å². The molecule has 2 aromatic carbocycles. The van der Waals surface area contributed by atoms with Crippen molar-refractivity contribution in [2.45, 2.75) is 24.7 Å². The summed E-state index contributed by atoms with van der Waals surface area (Å²) in [7, 11) is -0.286. The Morgan fingerprint density at radius 3 is 2.36 bits per heavy atom. The molecule has 0 aromatic heterocycles. The summed E-state index contributed by atoms with van der Waals surface area (Å²) < 4.78 is 32.5. The maximum atomic E-state index is 13.0. The Kier molecular flexibility index (Phi) is 6.05. The molecule has 1 saturated heterocycles. The lowest BCUT2D eigenvalue weighted by molar-refractivity contribution is -0.123. The second kappa shape index (κ2) is 8.32. The number of nitrogens with zero attached hydrogens (tertiary/aromatic N) is 2. The molecule has 1 aliphatic heterocycles. The fourth-order valence-corrected chi connectivity index (χ4v) is 4.95. The zero-order valence-electron chi connectivity index (χ0n) is 16.5. The Morgan fingerprint density at radius 2 is 1.75 bits per heavy atom. The summed E-state index contributed by atoms with van der Waals surface area (Å²) in [5, 5.41) is 0. The van der Waals surface area contributed by atoms with Crippen LogP contribution in [0.1, 0.15) is 18.4 Å². The lowest BCUT2D eigenvalue weighted by Gasteiger charge is -2.33. The molecule has 0 spiro atoms. The van der Waals surface area contributed by atoms with Crippen molar-refractivity contribution in [1.82, 2.24) is 4.31 Å². The van der Waals surface area contributed by atoms with Crippen LogP contribution in [0.4, 0.5) is 5.69 Å². The van der Waals surface area contributed by atoms with Crippen LogP contribution in [0.15, 0.2) is 53.4 Å². The molecule has 0 saturated carbocycles. The topological polar surface area (TPSA) is 66.9 Å². The number of piperidine rings is 1. The molecule has 150 valence electrons. The molecule has 7 heteroatoms. The van der Waals surface area contributed by atoms with E-state index in [2.05, 4.69) is 0 Å². The van der Waals surface area contributed by atoms with Gasteiger partial charge in [0.25, 0.3) is 0 Å². The summed E-state index contributed by atoms with van der Waals surface area (Å²) in [4.78, 5) is 14.8. The van der Waals surface area contributed by atoms with Gasteiger partial charge in [-0.3, -0.25) is 4.79 Å². The van der Waals surface area contributed by atoms with Crippen molar-refractivity contribution in [2.24, 2.45) is 5.92 Å². The second-order valence-electron chi connectivity index (χ2n) is 7.11. The zero-order chi connectivity index (χ0) is 20.3. The molecule has 6 nitrogen and oxygen atoms in total. The summed E-state index contributed by atoms with van der Waals surface area (Å²) in [6.07, 6.45) is 1.34. The average Bonchev–Trinajstić information content (AvgIpc) is 2.73. The van der Waals surface area contributed by atoms with Gasteiger partial charge in [-0.15, -0.1) is 0 Å². The maximum Gasteiger partial charge on any atom is 0.243 e. The quantitative estimate of drug-likeness (QED) is 0.771. The van der Waals surface area contributed by atoms with Gasteiger partial charge in [0.05, 0.1) is 17.9 Å². The number of methoxy groups -OCH3 is 1. The number of hydrogen-bond donors (Lipinski definition) is 0. The van der Waals surface area contributed by atoms with Gasteiger partial charge in [-0.2, -0.15) is 4.31 Å². The third-order valence-electron chi connectivity index (χ3n) is 5.18. The van der Waals surface area contributed by atoms with E-state index in [-0.39, 0.29) is 23.3 Å². The highest BCUT2D eigenvalue weighted by Crippen LogP contribution is 2.27. The monoisotopic (exact) mass is 402 g/mol. The molecule has 0 bridgehead atoms. The number of amides is 1. The van der Waals surface area contributed by atoms with Crippen molar-refractivity contribution in [3.8, 4) is 5.75 Å². The summed E-state index contributed by atoms with van der Waals surface area (Å²) in [6.45, 7) is 2.56. The van der Waals surface area contributed by atoms with E-state index in [9.17, 15) is 13.2 Å². The number of sulfonamides is 1. The van der Waals surface area contributed by atoms with Crippen LogP contribution in [0.25, 0.3) is 0 Å². The van der Waals surface area contributed by atoms with Crippen LogP contribution < -0.4 is 9.64 Å². The van der Waals surface area contributed by atoms with Crippen molar-refractivity contribution >= 4 is 21.6 Å². The van der Waals surface area contributed by atoms with Gasteiger partial charge in [-0.25, -0.2) is 8.42 Å². The van der Waals surface area contributed by atoms with E-state index in [1.165, 1.54) is 4.31 Å². The first kappa shape index (κ1) is 20.4. The third kappa shape index (κ3) is 4.20. The lowest BCUT2D eigenvalue weighted by atomic mass is 9.98. The Labute approximate surface area is 166 Å². The van der Waals surface area contributed by atoms with E-state index in [4.69, 9.17) is 4.74 Å². The summed E-state index contributed by atoms with van der Waals surface area (Å²) in [6, 6.07) is 14.1. The average molecular weight is 403 g/mol. The number of hydrogen-bond acceptors (Lipinski definition) is 4. The standard InChI is InChI=1S/C21H26N2O4S/c1-16-6-12-20(13-7-16)28(25,26)23-14-4-5-17(15-23)21(24)22(2)18-8-10-19(27-3)11-9-18/h6-13,17H,4-5,14-15H2,1-3H3/t17-/m0/s1. The lowest BCUT2D eigenvalue weighted by Crippen LogP contribution is -2.45. The molecular weight excluding hydrogens is 376 g/mol. The fourth-order valence-electron chi connectivity index (χ4n) is 3.43. The van der Waals surface area contributed by atoms with Gasteiger partial charge < -0.3 is 9.64 Å². The highest BCUT2D eigenvalue weighted by molar-refractivity contribution is 7.89. The number of anilines is 1. The third-order valence-corrected chi connectivity index (χ3v) is 7.06. The predicted octanol–water partition coefficient (Wildman–Crippen LogP) is 3.07. The molecule has 28 heavy (non-hydrogen) atoms. The van der Waals surface area contributed by atoms with Gasteiger partial charge in [0.2, 0.25) is 15.9 Å². The van der Waals surface area contributed by atoms with Crippen LogP contribution in [0.3, 0.4) is 0 Å². The number of benzene rings is 2. The van der Waals surface area contributed by atoms with E-state index in [0.29, 0.717) is 19.4 Å². The minimum Gasteiger partial charge on any atom is -0.497 e. The molecule has 1 atom stereocenters. The Balaban J connectivity index is 1.74. The van der Waals surface area contributed by atoms with Gasteiger partial charge in [0, 0.05) is 25.8 Å². The summed E-state index contributed by atoms with van der Waals surface area (Å²) in [5.41, 5.74) is 1.76. The minimum atomic E-state index is -3.60. The molecular formula is C21H26N2O4S. The Bertz CT molecular complexity index is 924. The molecule has 0 radical (unpaired) electrons. The first-order valence-corrected chi connectivity index (χ1v) is 10.8. The SMILES string of the molecule is COc1ccc(N(C)C(=O)[C@H]2CCCN(S(=O)(=O)c3ccc(C)cc3)C2)cc1. The molecule has 2 aromatic rings. The molecule has 0 N–H and O–H groups in total. The van der Waals surface area contributed by atoms with Gasteiger partial charge in [0.15, 0.2) is 0 Å². The number of carbonyl (C=O) groups is 1. The molecule has 1 heterocycles. The van der Waals surface area contributed by atoms with E-state index < -0.39 is 10.0 Å². The van der Waals surface area contributed by atoms with Crippen molar-refractivity contribution in [3.63, 3.8) is 0 Å². The van der Waals surface area contributed by atoms with E-state index in [1.54, 1.807) is 55.5 Å². The largest absolute Gasteiger partial charge is 0.497 e. The molecule has 0 aliphatic carbocycles. The highest BCUT2D eigenvalue weighted by atomic mass is 32.2. The van der Waals surface area contributed by atoms with Crippen molar-refractivity contribution in [3.05, 3.63) is 54.1 Å². The maximum absolute atomic E-state index is 13.0. The number of aryl methyl sites for hydroxylation is 1. The highest BCUT2D eigenvalue weighted by Gasteiger charge is 2.34. The van der Waals surface area contributed by atoms with Crippen LogP contribution in [0.5, 0.6) is 5.75 Å². The van der Waals surface area contributed by atoms with Crippen molar-refractivity contribution in [1.29, 1.82) is 0 Å². The van der Waals surface area contributed by atoms with Crippen LogP contribution in [0.2, 0.25) is 0 Å². The summed E-state index contributed by atoms with van der Waals surface area (Å²) >= 11 is 0. The summed E-state index contributed by atoms with van der Waals surface area (Å²) in [5.74, 6) is 0.285. The Morgan fingerprint density at radius 1 is 1.11 bits per heavy atom. The molecule has 1 amide bonds. The molecule has 1 aliphatic rings. The number of carbonyl (C=O) groups excluding carboxylic acids is 1. The van der Waals surface area contributed by atoms with Gasteiger partial charge in [0.1, 0.15) is 5.75 Å². The van der Waals surface area contributed by atoms with Crippen LogP contribution in [0, 0.1) is 12.8 Å². The van der Waals surface area contributed by atoms with Gasteiger partial charge in [-0.1, -0.05) is 17.7 Å². The van der Waals surface area contributed by atoms with Crippen LogP contribution in [-0.2, 0) is 14.8 Å². The normalized spacial score (nSPS) is 17.9. The smallest absolute Gasteiger partial charge is 0.243 e. The van der Waals surface area contributed by atoms with E-state index in [1.807, 2.05) is 19.1 Å². The second-order valence-corrected chi connectivity index (χ2v) is 9.05. The number of rotatable bonds is 5. The van der Waals surface area contributed by atoms with Crippen molar-refractivity contribution in [2.75, 3.05) is 32.1 Å². The predicted molar refractivity (Wildman–Crippen MR) is 109 cm³/mol. The fraction of sp³-hybridized carbons (Fsp3) is 0.381. The molecule has 3 rings (SSSR count). The van der Waals surface area contributed by atoms with E-state index in [0.717, 1.165) is 17.0 Å². The first-order chi connectivity index (χ1) is 13.3. The molecule has 0 unspecified atom stereocenters. The Hall–Kier alpha value is -2.38. The van der Waals surface area contributed by atoms with Crippen LogP contribution >= 0.6 is 0 Å². The molecule has 1 fully saturated rings. The first-order valence-electron chi connectivity index (χ1n) is 9.31. The number of ether oxygens (including phenoxy) is 1. The van der Waals surface area contributed by atoms with Crippen molar-refractivity contribution < 1.29 is 17.9 Å². The zero-order valence-corrected chi connectivity index (χ0v) is 17.3. The van der Waals surface area contributed by atoms with Gasteiger partial charge in [-0.05, 0) is 56.2 Å².